The summed E-state index contributed by atoms with van der Waals surface area (Å²) in [5, 5.41) is 5.91. The van der Waals surface area contributed by atoms with Crippen molar-refractivity contribution < 1.29 is 0 Å². The van der Waals surface area contributed by atoms with Crippen LogP contribution in [0.5, 0.6) is 0 Å². The Morgan fingerprint density at radius 2 is 0.971 bits per heavy atom. The van der Waals surface area contributed by atoms with Crippen LogP contribution in [0, 0.1) is 0 Å². The van der Waals surface area contributed by atoms with E-state index >= 15 is 0 Å². The molecule has 1 heteroatoms. The zero-order valence-corrected chi connectivity index (χ0v) is 19.3. The van der Waals surface area contributed by atoms with Crippen molar-refractivity contribution in [3.8, 4) is 11.1 Å². The maximum absolute atomic E-state index is 6.70. The number of hydrogen-bond donors (Lipinski definition) is 0. The van der Waals surface area contributed by atoms with E-state index in [1.165, 1.54) is 54.9 Å². The van der Waals surface area contributed by atoms with Crippen molar-refractivity contribution in [2.75, 3.05) is 0 Å². The van der Waals surface area contributed by atoms with Gasteiger partial charge in [-0.25, -0.2) is 0 Å². The van der Waals surface area contributed by atoms with Crippen LogP contribution in [0.25, 0.3) is 32.7 Å². The zero-order chi connectivity index (χ0) is 22.7. The summed E-state index contributed by atoms with van der Waals surface area (Å²) in [6.07, 6.45) is 0. The summed E-state index contributed by atoms with van der Waals surface area (Å²) < 4.78 is 0. The molecule has 0 aromatic heterocycles. The third kappa shape index (κ3) is 2.49. The molecule has 34 heavy (non-hydrogen) atoms. The molecule has 0 radical (unpaired) electrons. The second kappa shape index (κ2) is 7.32. The number of hydrogen-bond acceptors (Lipinski definition) is 0. The van der Waals surface area contributed by atoms with Gasteiger partial charge < -0.3 is 0 Å². The molecule has 0 fully saturated rings. The fourth-order valence-corrected chi connectivity index (χ4v) is 6.30. The Kier molecular flexibility index (Phi) is 4.21. The third-order valence-electron chi connectivity index (χ3n) is 7.38. The average Bonchev–Trinajstić information content (AvgIpc) is 3.21. The lowest BCUT2D eigenvalue weighted by atomic mass is 9.66. The van der Waals surface area contributed by atoms with Crippen LogP contribution in [-0.2, 0) is 5.41 Å². The molecule has 160 valence electrons. The molecule has 6 aromatic rings. The molecular formula is C33H21Cl. The van der Waals surface area contributed by atoms with Gasteiger partial charge >= 0.3 is 0 Å². The van der Waals surface area contributed by atoms with Crippen LogP contribution < -0.4 is 0 Å². The van der Waals surface area contributed by atoms with E-state index in [9.17, 15) is 0 Å². The van der Waals surface area contributed by atoms with Crippen molar-refractivity contribution in [3.05, 3.63) is 155 Å². The highest BCUT2D eigenvalue weighted by atomic mass is 35.5. The van der Waals surface area contributed by atoms with Gasteiger partial charge in [-0.3, -0.25) is 0 Å². The molecule has 1 aliphatic carbocycles. The van der Waals surface area contributed by atoms with Gasteiger partial charge in [-0.1, -0.05) is 127 Å². The normalized spacial score (nSPS) is 13.7. The first kappa shape index (κ1) is 19.6. The first-order chi connectivity index (χ1) is 16.8. The van der Waals surface area contributed by atoms with E-state index in [1.54, 1.807) is 0 Å². The quantitative estimate of drug-likeness (QED) is 0.229. The fourth-order valence-electron chi connectivity index (χ4n) is 6.13. The Morgan fingerprint density at radius 1 is 0.471 bits per heavy atom. The van der Waals surface area contributed by atoms with Gasteiger partial charge in [-0.2, -0.15) is 0 Å². The Morgan fingerprint density at radius 3 is 1.59 bits per heavy atom. The summed E-state index contributed by atoms with van der Waals surface area (Å²) >= 11 is 6.70. The number of rotatable bonds is 2. The van der Waals surface area contributed by atoms with E-state index in [4.69, 9.17) is 11.6 Å². The molecular weight excluding hydrogens is 432 g/mol. The minimum atomic E-state index is -0.471. The first-order valence-corrected chi connectivity index (χ1v) is 12.0. The fraction of sp³-hybridized carbons (Fsp3) is 0.0303. The highest BCUT2D eigenvalue weighted by molar-refractivity contribution is 6.31. The SMILES string of the molecule is Clc1ccc2c(c1)C(c1ccccc1)(c1ccccc1)c1c-2c2ccccc2c2ccccc12. The molecule has 0 nitrogen and oxygen atoms in total. The molecule has 0 spiro atoms. The Labute approximate surface area is 204 Å². The monoisotopic (exact) mass is 452 g/mol. The van der Waals surface area contributed by atoms with Crippen molar-refractivity contribution in [2.45, 2.75) is 5.41 Å². The van der Waals surface area contributed by atoms with Crippen LogP contribution in [0.1, 0.15) is 22.3 Å². The van der Waals surface area contributed by atoms with Gasteiger partial charge in [0.15, 0.2) is 0 Å². The molecule has 7 rings (SSSR count). The Balaban J connectivity index is 1.82. The standard InChI is InChI=1S/C33H21Cl/c34-24-19-20-29-30(21-24)33(22-11-3-1-4-12-22,23-13-5-2-6-14-23)32-28-18-10-8-16-26(28)25-15-7-9-17-27(25)31(29)32/h1-21H. The second-order valence-corrected chi connectivity index (χ2v) is 9.45. The smallest absolute Gasteiger partial charge is 0.0720 e. The van der Waals surface area contributed by atoms with Crippen LogP contribution in [0.2, 0.25) is 5.02 Å². The van der Waals surface area contributed by atoms with Gasteiger partial charge in [0, 0.05) is 5.02 Å². The van der Waals surface area contributed by atoms with E-state index in [2.05, 4.69) is 121 Å². The Bertz CT molecular complexity index is 1660. The van der Waals surface area contributed by atoms with Crippen molar-refractivity contribution in [2.24, 2.45) is 0 Å². The van der Waals surface area contributed by atoms with Gasteiger partial charge in [-0.15, -0.1) is 0 Å². The molecule has 0 saturated carbocycles. The number of fused-ring (bicyclic) bond motifs is 8. The van der Waals surface area contributed by atoms with Gasteiger partial charge in [0.25, 0.3) is 0 Å². The van der Waals surface area contributed by atoms with E-state index < -0.39 is 5.41 Å². The third-order valence-corrected chi connectivity index (χ3v) is 7.61. The van der Waals surface area contributed by atoms with Crippen LogP contribution in [-0.4, -0.2) is 0 Å². The molecule has 0 amide bonds. The van der Waals surface area contributed by atoms with E-state index in [1.807, 2.05) is 6.07 Å². The molecule has 6 aromatic carbocycles. The lowest BCUT2D eigenvalue weighted by Gasteiger charge is -2.35. The minimum absolute atomic E-state index is 0.471. The first-order valence-electron chi connectivity index (χ1n) is 11.7. The highest BCUT2D eigenvalue weighted by Gasteiger charge is 2.48. The average molecular weight is 453 g/mol. The van der Waals surface area contributed by atoms with Gasteiger partial charge in [0.05, 0.1) is 5.41 Å². The molecule has 0 N–H and O–H groups in total. The topological polar surface area (TPSA) is 0 Å². The summed E-state index contributed by atoms with van der Waals surface area (Å²) in [6, 6.07) is 45.9. The summed E-state index contributed by atoms with van der Waals surface area (Å²) in [7, 11) is 0. The van der Waals surface area contributed by atoms with Crippen molar-refractivity contribution in [3.63, 3.8) is 0 Å². The summed E-state index contributed by atoms with van der Waals surface area (Å²) in [4.78, 5) is 0. The Hall–Kier alpha value is -3.87. The molecule has 0 heterocycles. The van der Waals surface area contributed by atoms with Crippen molar-refractivity contribution >= 4 is 33.1 Å². The van der Waals surface area contributed by atoms with Gasteiger partial charge in [0.1, 0.15) is 0 Å². The van der Waals surface area contributed by atoms with Crippen LogP contribution in [0.4, 0.5) is 0 Å². The van der Waals surface area contributed by atoms with Gasteiger partial charge in [0.2, 0.25) is 0 Å². The summed E-state index contributed by atoms with van der Waals surface area (Å²) in [5.41, 5.74) is 7.20. The number of benzene rings is 6. The molecule has 0 atom stereocenters. The lowest BCUT2D eigenvalue weighted by Crippen LogP contribution is -2.28. The number of halogens is 1. The predicted molar refractivity (Wildman–Crippen MR) is 144 cm³/mol. The maximum Gasteiger partial charge on any atom is 0.0720 e. The second-order valence-electron chi connectivity index (χ2n) is 9.01. The van der Waals surface area contributed by atoms with Crippen molar-refractivity contribution in [1.82, 2.24) is 0 Å². The molecule has 1 aliphatic rings. The lowest BCUT2D eigenvalue weighted by molar-refractivity contribution is 0.776. The maximum atomic E-state index is 6.70. The molecule has 0 bridgehead atoms. The van der Waals surface area contributed by atoms with Crippen molar-refractivity contribution in [1.29, 1.82) is 0 Å². The summed E-state index contributed by atoms with van der Waals surface area (Å²) in [6.45, 7) is 0. The zero-order valence-electron chi connectivity index (χ0n) is 18.5. The van der Waals surface area contributed by atoms with Crippen LogP contribution in [0.15, 0.2) is 127 Å². The predicted octanol–water partition coefficient (Wildman–Crippen LogP) is 9.01. The van der Waals surface area contributed by atoms with Crippen LogP contribution >= 0.6 is 11.6 Å². The van der Waals surface area contributed by atoms with E-state index in [0.717, 1.165) is 5.02 Å². The minimum Gasteiger partial charge on any atom is -0.0843 e. The molecule has 0 aliphatic heterocycles. The van der Waals surface area contributed by atoms with Gasteiger partial charge in [-0.05, 0) is 67.1 Å². The summed E-state index contributed by atoms with van der Waals surface area (Å²) in [5.74, 6) is 0. The molecule has 0 saturated heterocycles. The van der Waals surface area contributed by atoms with E-state index in [-0.39, 0.29) is 0 Å². The highest BCUT2D eigenvalue weighted by Crippen LogP contribution is 2.60. The van der Waals surface area contributed by atoms with E-state index in [0.29, 0.717) is 0 Å². The van der Waals surface area contributed by atoms with Crippen LogP contribution in [0.3, 0.4) is 0 Å². The largest absolute Gasteiger partial charge is 0.0843 e. The molecule has 0 unspecified atom stereocenters.